The number of amides is 2. The van der Waals surface area contributed by atoms with Crippen LogP contribution in [-0.2, 0) is 16.1 Å². The minimum atomic E-state index is -1.37. The van der Waals surface area contributed by atoms with E-state index >= 15 is 0 Å². The van der Waals surface area contributed by atoms with Gasteiger partial charge in [0, 0.05) is 30.5 Å². The summed E-state index contributed by atoms with van der Waals surface area (Å²) in [5.41, 5.74) is 1.60. The van der Waals surface area contributed by atoms with Gasteiger partial charge in [-0.1, -0.05) is 6.07 Å². The molecule has 3 aromatic heterocycles. The van der Waals surface area contributed by atoms with Crippen molar-refractivity contribution in [3.63, 3.8) is 0 Å². The van der Waals surface area contributed by atoms with Crippen LogP contribution in [0.15, 0.2) is 59.5 Å². The van der Waals surface area contributed by atoms with Crippen LogP contribution in [0.5, 0.6) is 0 Å². The summed E-state index contributed by atoms with van der Waals surface area (Å²) in [6.07, 6.45) is 1.02. The zero-order chi connectivity index (χ0) is 27.7. The van der Waals surface area contributed by atoms with Gasteiger partial charge in [-0.25, -0.2) is 13.8 Å². The van der Waals surface area contributed by atoms with E-state index in [2.05, 4.69) is 41.6 Å². The van der Waals surface area contributed by atoms with Crippen LogP contribution in [0.25, 0.3) is 10.9 Å². The van der Waals surface area contributed by atoms with E-state index in [1.165, 1.54) is 28.8 Å². The average molecular weight is 598 g/mol. The number of rotatable bonds is 7. The molecule has 0 radical (unpaired) electrons. The van der Waals surface area contributed by atoms with Gasteiger partial charge in [0.2, 0.25) is 11.8 Å². The van der Waals surface area contributed by atoms with Gasteiger partial charge in [0.05, 0.1) is 30.1 Å². The number of carbonyl (C=O) groups is 3. The van der Waals surface area contributed by atoms with Crippen LogP contribution in [-0.4, -0.2) is 61.0 Å². The molecule has 1 saturated heterocycles. The van der Waals surface area contributed by atoms with Crippen LogP contribution >= 0.6 is 15.9 Å². The SMILES string of the molecule is CC(=O)c1nn(CC(=O)N2C[C@H](F)C[C@H]2C(=O)Nc2cccc(Br)n2)c2ccc(Nc3cncc(F)c3)cc12. The van der Waals surface area contributed by atoms with Crippen molar-refractivity contribution in [2.24, 2.45) is 0 Å². The largest absolute Gasteiger partial charge is 0.354 e. The van der Waals surface area contributed by atoms with Crippen molar-refractivity contribution < 1.29 is 23.2 Å². The first kappa shape index (κ1) is 26.4. The van der Waals surface area contributed by atoms with E-state index in [0.29, 0.717) is 26.9 Å². The highest BCUT2D eigenvalue weighted by atomic mass is 79.9. The first-order valence-corrected chi connectivity index (χ1v) is 12.7. The summed E-state index contributed by atoms with van der Waals surface area (Å²) in [6, 6.07) is 10.2. The van der Waals surface area contributed by atoms with Crippen LogP contribution in [0.2, 0.25) is 0 Å². The Morgan fingerprint density at radius 2 is 1.95 bits per heavy atom. The molecule has 13 heteroatoms. The van der Waals surface area contributed by atoms with Gasteiger partial charge in [0.1, 0.15) is 40.7 Å². The fourth-order valence-electron chi connectivity index (χ4n) is 4.50. The van der Waals surface area contributed by atoms with E-state index in [1.807, 2.05) is 0 Å². The van der Waals surface area contributed by atoms with Gasteiger partial charge in [0.25, 0.3) is 0 Å². The van der Waals surface area contributed by atoms with Crippen LogP contribution in [0, 0.1) is 5.82 Å². The van der Waals surface area contributed by atoms with Gasteiger partial charge in [-0.15, -0.1) is 0 Å². The minimum Gasteiger partial charge on any atom is -0.354 e. The summed E-state index contributed by atoms with van der Waals surface area (Å²) in [5.74, 6) is -1.63. The van der Waals surface area contributed by atoms with Gasteiger partial charge in [0.15, 0.2) is 5.78 Å². The number of ketones is 1. The van der Waals surface area contributed by atoms with Gasteiger partial charge in [-0.2, -0.15) is 5.10 Å². The highest BCUT2D eigenvalue weighted by molar-refractivity contribution is 9.10. The predicted molar refractivity (Wildman–Crippen MR) is 143 cm³/mol. The zero-order valence-corrected chi connectivity index (χ0v) is 22.2. The number of alkyl halides is 1. The molecule has 1 fully saturated rings. The maximum atomic E-state index is 14.4. The van der Waals surface area contributed by atoms with Gasteiger partial charge >= 0.3 is 0 Å². The van der Waals surface area contributed by atoms with Crippen molar-refractivity contribution in [2.75, 3.05) is 17.2 Å². The second kappa shape index (κ2) is 10.8. The molecule has 1 aliphatic rings. The lowest BCUT2D eigenvalue weighted by Crippen LogP contribution is -2.44. The topological polar surface area (TPSA) is 122 Å². The normalized spacial score (nSPS) is 16.9. The fourth-order valence-corrected chi connectivity index (χ4v) is 4.84. The molecule has 4 aromatic rings. The first-order chi connectivity index (χ1) is 18.7. The summed E-state index contributed by atoms with van der Waals surface area (Å²) in [7, 11) is 0. The van der Waals surface area contributed by atoms with Crippen molar-refractivity contribution >= 4 is 61.6 Å². The number of benzene rings is 1. The van der Waals surface area contributed by atoms with E-state index < -0.39 is 29.8 Å². The van der Waals surface area contributed by atoms with Crippen LogP contribution in [0.3, 0.4) is 0 Å². The Morgan fingerprint density at radius 3 is 2.69 bits per heavy atom. The summed E-state index contributed by atoms with van der Waals surface area (Å²) in [4.78, 5) is 47.7. The fraction of sp³-hybridized carbons (Fsp3) is 0.231. The Bertz CT molecular complexity index is 1600. The Kier molecular flexibility index (Phi) is 7.33. The number of fused-ring (bicyclic) bond motifs is 1. The standard InChI is InChI=1S/C26H22BrF2N7O3/c1-14(37)25-19-9-17(31-18-7-15(28)10-30-11-18)5-6-20(19)36(34-25)13-24(38)35-12-16(29)8-21(35)26(39)33-23-4-2-3-22(27)32-23/h2-7,9-11,16,21,31H,8,12-13H2,1H3,(H,32,33,39)/t16-,21+/m1/s1. The lowest BCUT2D eigenvalue weighted by atomic mass is 10.1. The number of nitrogens with one attached hydrogen (secondary N) is 2. The molecule has 10 nitrogen and oxygen atoms in total. The van der Waals surface area contributed by atoms with Crippen molar-refractivity contribution in [3.05, 3.63) is 71.0 Å². The third kappa shape index (κ3) is 5.77. The maximum absolute atomic E-state index is 14.4. The monoisotopic (exact) mass is 597 g/mol. The molecule has 0 saturated carbocycles. The predicted octanol–water partition coefficient (Wildman–Crippen LogP) is 4.25. The van der Waals surface area contributed by atoms with E-state index in [4.69, 9.17) is 0 Å². The first-order valence-electron chi connectivity index (χ1n) is 11.9. The molecule has 0 aliphatic carbocycles. The third-order valence-electron chi connectivity index (χ3n) is 6.20. The molecule has 39 heavy (non-hydrogen) atoms. The third-order valence-corrected chi connectivity index (χ3v) is 6.64. The van der Waals surface area contributed by atoms with Gasteiger partial charge < -0.3 is 15.5 Å². The number of carbonyl (C=O) groups excluding carboxylic acids is 3. The Morgan fingerprint density at radius 1 is 1.13 bits per heavy atom. The van der Waals surface area contributed by atoms with Crippen molar-refractivity contribution in [2.45, 2.75) is 32.1 Å². The highest BCUT2D eigenvalue weighted by Gasteiger charge is 2.40. The number of likely N-dealkylation sites (tertiary alicyclic amines) is 1. The lowest BCUT2D eigenvalue weighted by molar-refractivity contribution is -0.137. The minimum absolute atomic E-state index is 0.138. The molecule has 4 heterocycles. The molecular weight excluding hydrogens is 576 g/mol. The molecular formula is C26H22BrF2N7O3. The molecule has 2 amide bonds. The lowest BCUT2D eigenvalue weighted by Gasteiger charge is -2.23. The van der Waals surface area contributed by atoms with Crippen molar-refractivity contribution in [1.82, 2.24) is 24.6 Å². The molecule has 1 aliphatic heterocycles. The second-order valence-corrected chi connectivity index (χ2v) is 9.85. The van der Waals surface area contributed by atoms with Crippen LogP contribution in [0.4, 0.5) is 26.0 Å². The quantitative estimate of drug-likeness (QED) is 0.241. The number of hydrogen-bond acceptors (Lipinski definition) is 7. The molecule has 0 unspecified atom stereocenters. The summed E-state index contributed by atoms with van der Waals surface area (Å²) >= 11 is 3.23. The van der Waals surface area contributed by atoms with E-state index in [1.54, 1.807) is 36.4 Å². The Hall–Kier alpha value is -4.26. The number of aromatic nitrogens is 4. The molecule has 2 atom stereocenters. The second-order valence-electron chi connectivity index (χ2n) is 9.04. The summed E-state index contributed by atoms with van der Waals surface area (Å²) in [5, 5.41) is 10.5. The van der Waals surface area contributed by atoms with E-state index in [9.17, 15) is 23.2 Å². The van der Waals surface area contributed by atoms with Crippen molar-refractivity contribution in [3.8, 4) is 0 Å². The summed E-state index contributed by atoms with van der Waals surface area (Å²) < 4.78 is 29.8. The Labute approximate surface area is 229 Å². The average Bonchev–Trinajstić information content (AvgIpc) is 3.45. The van der Waals surface area contributed by atoms with Crippen molar-refractivity contribution in [1.29, 1.82) is 0 Å². The van der Waals surface area contributed by atoms with E-state index in [-0.39, 0.29) is 36.8 Å². The number of nitrogens with zero attached hydrogens (tertiary/aromatic N) is 5. The van der Waals surface area contributed by atoms with E-state index in [0.717, 1.165) is 6.20 Å². The molecule has 2 N–H and O–H groups in total. The summed E-state index contributed by atoms with van der Waals surface area (Å²) in [6.45, 7) is 0.808. The number of pyridine rings is 2. The molecule has 5 rings (SSSR count). The molecule has 0 bridgehead atoms. The highest BCUT2D eigenvalue weighted by Crippen LogP contribution is 2.27. The number of Topliss-reactive ketones (excluding diaryl/α,β-unsaturated/α-hetero) is 1. The molecule has 1 aromatic carbocycles. The number of hydrogen-bond donors (Lipinski definition) is 2. The Balaban J connectivity index is 1.38. The van der Waals surface area contributed by atoms with Gasteiger partial charge in [-0.05, 0) is 46.3 Å². The zero-order valence-electron chi connectivity index (χ0n) is 20.6. The maximum Gasteiger partial charge on any atom is 0.248 e. The number of halogens is 3. The van der Waals surface area contributed by atoms with Gasteiger partial charge in [-0.3, -0.25) is 24.0 Å². The molecule has 200 valence electrons. The van der Waals surface area contributed by atoms with Crippen LogP contribution < -0.4 is 10.6 Å². The van der Waals surface area contributed by atoms with Crippen LogP contribution in [0.1, 0.15) is 23.8 Å². The smallest absolute Gasteiger partial charge is 0.248 e. The number of anilines is 3. The molecule has 0 spiro atoms.